The van der Waals surface area contributed by atoms with Gasteiger partial charge in [0.05, 0.1) is 30.2 Å². The highest BCUT2D eigenvalue weighted by Gasteiger charge is 2.47. The number of alkyl halides is 5. The molecule has 1 atom stereocenters. The van der Waals surface area contributed by atoms with E-state index in [2.05, 4.69) is 15.3 Å². The Morgan fingerprint density at radius 3 is 2.54 bits per heavy atom. The molecule has 1 N–H and O–H groups in total. The maximum absolute atomic E-state index is 13.6. The van der Waals surface area contributed by atoms with Crippen LogP contribution in [0.15, 0.2) is 48.8 Å². The van der Waals surface area contributed by atoms with Gasteiger partial charge in [0.25, 0.3) is 11.8 Å². The molecule has 37 heavy (non-hydrogen) atoms. The van der Waals surface area contributed by atoms with Crippen LogP contribution < -0.4 is 5.32 Å². The monoisotopic (exact) mass is 515 g/mol. The number of benzene rings is 1. The van der Waals surface area contributed by atoms with Gasteiger partial charge >= 0.3 is 6.18 Å². The molecule has 0 radical (unpaired) electrons. The fraction of sp³-hybridized carbons (Fsp3) is 0.240. The molecular weight excluding hydrogens is 497 g/mol. The van der Waals surface area contributed by atoms with E-state index in [1.165, 1.54) is 18.3 Å². The second-order valence-electron chi connectivity index (χ2n) is 8.35. The third-order valence-electron chi connectivity index (χ3n) is 5.69. The molecule has 0 saturated carbocycles. The van der Waals surface area contributed by atoms with E-state index in [4.69, 9.17) is 5.26 Å². The van der Waals surface area contributed by atoms with Gasteiger partial charge in [0, 0.05) is 24.2 Å². The topological polar surface area (TPSA) is 99.0 Å². The SMILES string of the molecule is N#CC1CC(F)(F)CN1C(=O)CNC(=O)c1ccnc2ccc(/C=C/c3ccc(C(F)(F)F)nc3)cc12. The molecule has 1 aliphatic heterocycles. The zero-order chi connectivity index (χ0) is 26.8. The lowest BCUT2D eigenvalue weighted by Crippen LogP contribution is -2.43. The van der Waals surface area contributed by atoms with Crippen LogP contribution in [-0.2, 0) is 11.0 Å². The Bertz CT molecular complexity index is 1410. The van der Waals surface area contributed by atoms with Crippen LogP contribution in [0.5, 0.6) is 0 Å². The van der Waals surface area contributed by atoms with Crippen molar-refractivity contribution in [1.29, 1.82) is 5.26 Å². The van der Waals surface area contributed by atoms with Gasteiger partial charge in [-0.15, -0.1) is 0 Å². The number of amides is 2. The standard InChI is InChI=1S/C25H18F5N5O2/c26-24(27)10-17(11-31)35(14-24)22(36)13-34-23(37)18-7-8-32-20-5-3-15(9-19(18)20)1-2-16-4-6-21(33-12-16)25(28,29)30/h1-9,12,17H,10,13-14H2,(H,34,37)/b2-1+. The molecule has 2 amide bonds. The molecule has 1 fully saturated rings. The largest absolute Gasteiger partial charge is 0.433 e. The number of nitrogens with one attached hydrogen (secondary N) is 1. The van der Waals surface area contributed by atoms with Crippen molar-refractivity contribution in [1.82, 2.24) is 20.2 Å². The smallest absolute Gasteiger partial charge is 0.343 e. The Balaban J connectivity index is 1.49. The predicted octanol–water partition coefficient (Wildman–Crippen LogP) is 4.31. The highest BCUT2D eigenvalue weighted by Crippen LogP contribution is 2.31. The Morgan fingerprint density at radius 2 is 1.86 bits per heavy atom. The zero-order valence-electron chi connectivity index (χ0n) is 19.0. The van der Waals surface area contributed by atoms with E-state index in [0.29, 0.717) is 22.0 Å². The van der Waals surface area contributed by atoms with E-state index in [9.17, 15) is 31.5 Å². The van der Waals surface area contributed by atoms with Gasteiger partial charge in [0.2, 0.25) is 5.91 Å². The molecule has 1 aromatic carbocycles. The van der Waals surface area contributed by atoms with Crippen LogP contribution in [0.4, 0.5) is 22.0 Å². The van der Waals surface area contributed by atoms with Gasteiger partial charge in [-0.25, -0.2) is 8.78 Å². The molecule has 2 aromatic heterocycles. The van der Waals surface area contributed by atoms with Crippen molar-refractivity contribution in [2.24, 2.45) is 0 Å². The van der Waals surface area contributed by atoms with E-state index < -0.39 is 55.2 Å². The van der Waals surface area contributed by atoms with Crippen LogP contribution in [0.25, 0.3) is 23.1 Å². The number of carbonyl (C=O) groups excluding carboxylic acids is 2. The second kappa shape index (κ2) is 9.93. The maximum Gasteiger partial charge on any atom is 0.433 e. The van der Waals surface area contributed by atoms with Gasteiger partial charge in [0.15, 0.2) is 0 Å². The summed E-state index contributed by atoms with van der Waals surface area (Å²) in [4.78, 5) is 33.6. The molecule has 1 aliphatic rings. The highest BCUT2D eigenvalue weighted by molar-refractivity contribution is 6.07. The van der Waals surface area contributed by atoms with Crippen LogP contribution in [0, 0.1) is 11.3 Å². The first-order valence-corrected chi connectivity index (χ1v) is 10.9. The van der Waals surface area contributed by atoms with Crippen LogP contribution in [0.3, 0.4) is 0 Å². The van der Waals surface area contributed by atoms with Crippen molar-refractivity contribution in [2.45, 2.75) is 24.6 Å². The average molecular weight is 515 g/mol. The number of nitrogens with zero attached hydrogens (tertiary/aromatic N) is 4. The Kier molecular flexibility index (Phi) is 6.89. The number of hydrogen-bond donors (Lipinski definition) is 1. The maximum atomic E-state index is 13.6. The van der Waals surface area contributed by atoms with E-state index >= 15 is 0 Å². The summed E-state index contributed by atoms with van der Waals surface area (Å²) in [5, 5.41) is 11.9. The quantitative estimate of drug-likeness (QED) is 0.511. The summed E-state index contributed by atoms with van der Waals surface area (Å²) in [5.41, 5.74) is 0.682. The van der Waals surface area contributed by atoms with Crippen LogP contribution in [0.2, 0.25) is 0 Å². The molecule has 0 aliphatic carbocycles. The van der Waals surface area contributed by atoms with Gasteiger partial charge in [-0.1, -0.05) is 24.3 Å². The molecule has 3 heterocycles. The first-order chi connectivity index (χ1) is 17.5. The number of carbonyl (C=O) groups is 2. The molecule has 0 spiro atoms. The molecule has 12 heteroatoms. The number of hydrogen-bond acceptors (Lipinski definition) is 5. The fourth-order valence-corrected chi connectivity index (χ4v) is 3.88. The summed E-state index contributed by atoms with van der Waals surface area (Å²) in [6, 6.07) is 8.97. The van der Waals surface area contributed by atoms with Gasteiger partial charge in [-0.3, -0.25) is 19.6 Å². The minimum absolute atomic E-state index is 0.174. The van der Waals surface area contributed by atoms with E-state index in [1.807, 2.05) is 0 Å². The summed E-state index contributed by atoms with van der Waals surface area (Å²) in [5.74, 6) is -4.61. The van der Waals surface area contributed by atoms with Crippen molar-refractivity contribution in [2.75, 3.05) is 13.1 Å². The highest BCUT2D eigenvalue weighted by atomic mass is 19.4. The number of pyridine rings is 2. The number of nitriles is 1. The van der Waals surface area contributed by atoms with Crippen molar-refractivity contribution < 1.29 is 31.5 Å². The summed E-state index contributed by atoms with van der Waals surface area (Å²) >= 11 is 0. The van der Waals surface area contributed by atoms with Gasteiger partial charge in [-0.2, -0.15) is 18.4 Å². The van der Waals surface area contributed by atoms with Gasteiger partial charge < -0.3 is 10.2 Å². The number of halogens is 5. The van der Waals surface area contributed by atoms with Crippen molar-refractivity contribution >= 4 is 34.9 Å². The zero-order valence-corrected chi connectivity index (χ0v) is 19.0. The molecule has 4 rings (SSSR count). The normalized spacial score (nSPS) is 17.2. The summed E-state index contributed by atoms with van der Waals surface area (Å²) in [7, 11) is 0. The number of fused-ring (bicyclic) bond motifs is 1. The Morgan fingerprint density at radius 1 is 1.14 bits per heavy atom. The van der Waals surface area contributed by atoms with E-state index in [-0.39, 0.29) is 5.56 Å². The molecule has 7 nitrogen and oxygen atoms in total. The van der Waals surface area contributed by atoms with E-state index in [1.54, 1.807) is 36.4 Å². The second-order valence-corrected chi connectivity index (χ2v) is 8.35. The van der Waals surface area contributed by atoms with E-state index in [0.717, 1.165) is 17.2 Å². The fourth-order valence-electron chi connectivity index (χ4n) is 3.88. The molecule has 1 unspecified atom stereocenters. The number of rotatable bonds is 5. The molecule has 3 aromatic rings. The third-order valence-corrected chi connectivity index (χ3v) is 5.69. The lowest BCUT2D eigenvalue weighted by molar-refractivity contribution is -0.141. The van der Waals surface area contributed by atoms with Gasteiger partial charge in [0.1, 0.15) is 11.7 Å². The summed E-state index contributed by atoms with van der Waals surface area (Å²) in [6.07, 6.45) is 0.376. The molecular formula is C25H18F5N5O2. The lowest BCUT2D eigenvalue weighted by atomic mass is 10.0. The molecule has 0 bridgehead atoms. The summed E-state index contributed by atoms with van der Waals surface area (Å²) in [6.45, 7) is -1.46. The third kappa shape index (κ3) is 5.88. The molecule has 190 valence electrons. The lowest BCUT2D eigenvalue weighted by Gasteiger charge is -2.19. The average Bonchev–Trinajstić information content (AvgIpc) is 3.19. The first kappa shape index (κ1) is 25.7. The van der Waals surface area contributed by atoms with Crippen LogP contribution in [-0.4, -0.2) is 51.7 Å². The minimum Gasteiger partial charge on any atom is -0.343 e. The molecule has 1 saturated heterocycles. The van der Waals surface area contributed by atoms with Crippen molar-refractivity contribution in [3.63, 3.8) is 0 Å². The Labute approximate surface area is 207 Å². The van der Waals surface area contributed by atoms with Crippen LogP contribution >= 0.6 is 0 Å². The predicted molar refractivity (Wildman–Crippen MR) is 123 cm³/mol. The Hall–Kier alpha value is -4.40. The number of aromatic nitrogens is 2. The van der Waals surface area contributed by atoms with Gasteiger partial charge in [-0.05, 0) is 35.4 Å². The van der Waals surface area contributed by atoms with Crippen LogP contribution in [0.1, 0.15) is 33.6 Å². The summed E-state index contributed by atoms with van der Waals surface area (Å²) < 4.78 is 65.3. The first-order valence-electron chi connectivity index (χ1n) is 10.9. The van der Waals surface area contributed by atoms with Crippen molar-refractivity contribution in [3.05, 3.63) is 71.2 Å². The van der Waals surface area contributed by atoms with Crippen molar-refractivity contribution in [3.8, 4) is 6.07 Å². The minimum atomic E-state index is -4.54. The number of likely N-dealkylation sites (tertiary alicyclic amines) is 1.